The van der Waals surface area contributed by atoms with Gasteiger partial charge in [0.25, 0.3) is 0 Å². The Morgan fingerprint density at radius 2 is 1.70 bits per heavy atom. The predicted molar refractivity (Wildman–Crippen MR) is 119 cm³/mol. The second-order valence-electron chi connectivity index (χ2n) is 5.63. The maximum atomic E-state index is 2.60. The van der Waals surface area contributed by atoms with Gasteiger partial charge in [0.2, 0.25) is 0 Å². The van der Waals surface area contributed by atoms with Crippen LogP contribution >= 0.6 is 45.2 Å². The van der Waals surface area contributed by atoms with Crippen LogP contribution in [0.2, 0.25) is 0 Å². The Morgan fingerprint density at radius 1 is 1.04 bits per heavy atom. The molecule has 1 aliphatic heterocycles. The average molecular weight is 536 g/mol. The van der Waals surface area contributed by atoms with Crippen molar-refractivity contribution in [1.82, 2.24) is 4.90 Å². The van der Waals surface area contributed by atoms with E-state index < -0.39 is 0 Å². The van der Waals surface area contributed by atoms with Crippen LogP contribution in [0, 0.1) is 0 Å². The maximum Gasteiger partial charge on any atom is 0.0667 e. The minimum Gasteiger partial charge on any atom is -0.372 e. The Hall–Kier alpha value is -0.240. The van der Waals surface area contributed by atoms with E-state index in [2.05, 4.69) is 118 Å². The van der Waals surface area contributed by atoms with Crippen molar-refractivity contribution in [1.29, 1.82) is 0 Å². The third-order valence-electron chi connectivity index (χ3n) is 4.36. The van der Waals surface area contributed by atoms with Crippen LogP contribution < -0.4 is 4.90 Å². The minimum atomic E-state index is 0.478. The molecule has 0 fully saturated rings. The molecule has 0 saturated carbocycles. The van der Waals surface area contributed by atoms with E-state index in [-0.39, 0.29) is 0 Å². The zero-order valence-corrected chi connectivity index (χ0v) is 18.5. The lowest BCUT2D eigenvalue weighted by Crippen LogP contribution is -2.30. The van der Waals surface area contributed by atoms with Gasteiger partial charge in [-0.25, -0.2) is 0 Å². The Labute approximate surface area is 168 Å². The summed E-state index contributed by atoms with van der Waals surface area (Å²) in [5.74, 6) is 0. The van der Waals surface area contributed by atoms with Crippen LogP contribution in [0.1, 0.15) is 30.3 Å². The Kier molecular flexibility index (Phi) is 7.72. The highest BCUT2D eigenvalue weighted by Crippen LogP contribution is 2.38. The molecule has 1 aromatic carbocycles. The van der Waals surface area contributed by atoms with Crippen LogP contribution in [0.3, 0.4) is 0 Å². The second kappa shape index (κ2) is 9.30. The fourth-order valence-electron chi connectivity index (χ4n) is 2.92. The first-order valence-electron chi connectivity index (χ1n) is 8.37. The fourth-order valence-corrected chi connectivity index (χ4v) is 4.72. The van der Waals surface area contributed by atoms with Gasteiger partial charge in [-0.3, -0.25) is 0 Å². The molecule has 2 atom stereocenters. The molecule has 0 amide bonds. The van der Waals surface area contributed by atoms with Crippen molar-refractivity contribution in [2.75, 3.05) is 31.1 Å². The zero-order valence-electron chi connectivity index (χ0n) is 14.2. The normalized spacial score (nSPS) is 16.9. The van der Waals surface area contributed by atoms with Crippen LogP contribution in [-0.4, -0.2) is 35.0 Å². The lowest BCUT2D eigenvalue weighted by molar-refractivity contribution is 0.387. The van der Waals surface area contributed by atoms with Crippen molar-refractivity contribution in [3.8, 4) is 0 Å². The first-order chi connectivity index (χ1) is 11.1. The van der Waals surface area contributed by atoms with Crippen molar-refractivity contribution >= 4 is 50.9 Å². The number of likely N-dealkylation sites (N-methyl/N-ethyl adjacent to an activating group) is 1. The topological polar surface area (TPSA) is 6.48 Å². The molecule has 0 spiro atoms. The van der Waals surface area contributed by atoms with Crippen LogP contribution in [0.4, 0.5) is 5.69 Å². The molecule has 0 aliphatic carbocycles. The van der Waals surface area contributed by atoms with Gasteiger partial charge >= 0.3 is 0 Å². The summed E-state index contributed by atoms with van der Waals surface area (Å²) in [7, 11) is 0. The van der Waals surface area contributed by atoms with E-state index in [1.807, 2.05) is 0 Å². The predicted octanol–water partition coefficient (Wildman–Crippen LogP) is 5.59. The van der Waals surface area contributed by atoms with Crippen LogP contribution in [0.25, 0.3) is 0 Å². The van der Waals surface area contributed by atoms with E-state index in [1.54, 1.807) is 0 Å². The third kappa shape index (κ3) is 4.65. The quantitative estimate of drug-likeness (QED) is 0.332. The highest BCUT2D eigenvalue weighted by molar-refractivity contribution is 14.1. The van der Waals surface area contributed by atoms with Crippen LogP contribution in [0.15, 0.2) is 48.2 Å². The van der Waals surface area contributed by atoms with E-state index in [9.17, 15) is 0 Å². The average Bonchev–Trinajstić information content (AvgIpc) is 2.62. The van der Waals surface area contributed by atoms with Crippen molar-refractivity contribution in [3.05, 3.63) is 53.8 Å². The summed E-state index contributed by atoms with van der Waals surface area (Å²) < 4.78 is 0.961. The minimum absolute atomic E-state index is 0.478. The Morgan fingerprint density at radius 3 is 2.26 bits per heavy atom. The molecular formula is C19H26I2N2. The summed E-state index contributed by atoms with van der Waals surface area (Å²) in [4.78, 5) is 4.85. The van der Waals surface area contributed by atoms with Gasteiger partial charge in [0, 0.05) is 37.6 Å². The molecule has 2 unspecified atom stereocenters. The monoisotopic (exact) mass is 536 g/mol. The SMILES string of the molecule is CCN1CC=CC=C1C(I)C(I)c1ccc(N(CC)CC)cc1. The lowest BCUT2D eigenvalue weighted by Gasteiger charge is -2.32. The van der Waals surface area contributed by atoms with Crippen molar-refractivity contribution < 1.29 is 0 Å². The van der Waals surface area contributed by atoms with Gasteiger partial charge in [-0.15, -0.1) is 0 Å². The Bertz CT molecular complexity index is 547. The van der Waals surface area contributed by atoms with Gasteiger partial charge in [-0.1, -0.05) is 69.5 Å². The van der Waals surface area contributed by atoms with Gasteiger partial charge < -0.3 is 9.80 Å². The summed E-state index contributed by atoms with van der Waals surface area (Å²) in [6.07, 6.45) is 6.71. The molecule has 4 heteroatoms. The van der Waals surface area contributed by atoms with E-state index in [0.29, 0.717) is 7.85 Å². The smallest absolute Gasteiger partial charge is 0.0667 e. The van der Waals surface area contributed by atoms with Crippen molar-refractivity contribution in [2.45, 2.75) is 28.6 Å². The highest BCUT2D eigenvalue weighted by atomic mass is 127. The number of hydrogen-bond donors (Lipinski definition) is 0. The number of anilines is 1. The number of hydrogen-bond acceptors (Lipinski definition) is 2. The maximum absolute atomic E-state index is 2.60. The fraction of sp³-hybridized carbons (Fsp3) is 0.474. The number of allylic oxidation sites excluding steroid dienone is 3. The third-order valence-corrected chi connectivity index (χ3v) is 8.53. The molecule has 0 bridgehead atoms. The van der Waals surface area contributed by atoms with E-state index in [4.69, 9.17) is 0 Å². The van der Waals surface area contributed by atoms with Gasteiger partial charge in [0.15, 0.2) is 0 Å². The van der Waals surface area contributed by atoms with Crippen molar-refractivity contribution in [2.24, 2.45) is 0 Å². The number of alkyl halides is 2. The number of halogens is 2. The van der Waals surface area contributed by atoms with Crippen molar-refractivity contribution in [3.63, 3.8) is 0 Å². The summed E-state index contributed by atoms with van der Waals surface area (Å²) in [6, 6.07) is 9.13. The molecule has 2 rings (SSSR count). The summed E-state index contributed by atoms with van der Waals surface area (Å²) in [5.41, 5.74) is 4.18. The summed E-state index contributed by atoms with van der Waals surface area (Å²) in [5, 5.41) is 0. The second-order valence-corrected chi connectivity index (χ2v) is 8.31. The summed E-state index contributed by atoms with van der Waals surface area (Å²) in [6.45, 7) is 10.9. The lowest BCUT2D eigenvalue weighted by atomic mass is 10.1. The number of benzene rings is 1. The molecular weight excluding hydrogens is 510 g/mol. The molecule has 1 aromatic rings. The van der Waals surface area contributed by atoms with Crippen LogP contribution in [0.5, 0.6) is 0 Å². The molecule has 1 heterocycles. The van der Waals surface area contributed by atoms with Gasteiger partial charge in [-0.05, 0) is 44.5 Å². The number of nitrogens with zero attached hydrogens (tertiary/aromatic N) is 2. The van der Waals surface area contributed by atoms with E-state index in [0.717, 1.165) is 26.2 Å². The van der Waals surface area contributed by atoms with Gasteiger partial charge in [-0.2, -0.15) is 0 Å². The molecule has 0 N–H and O–H groups in total. The largest absolute Gasteiger partial charge is 0.372 e. The first kappa shape index (κ1) is 19.1. The molecule has 0 aromatic heterocycles. The summed E-state index contributed by atoms with van der Waals surface area (Å²) >= 11 is 5.20. The molecule has 1 aliphatic rings. The van der Waals surface area contributed by atoms with Gasteiger partial charge in [0.05, 0.1) is 7.85 Å². The number of rotatable bonds is 7. The highest BCUT2D eigenvalue weighted by Gasteiger charge is 2.25. The Balaban J connectivity index is 2.14. The van der Waals surface area contributed by atoms with Gasteiger partial charge in [0.1, 0.15) is 0 Å². The molecule has 126 valence electrons. The zero-order chi connectivity index (χ0) is 16.8. The molecule has 2 nitrogen and oxygen atoms in total. The van der Waals surface area contributed by atoms with E-state index in [1.165, 1.54) is 16.9 Å². The van der Waals surface area contributed by atoms with E-state index >= 15 is 0 Å². The standard InChI is InChI=1S/C19H26I2N2/c1-4-22(5-2)16-12-10-15(11-13-16)18(20)19(21)17-9-7-8-14-23(17)6-3/h7-13,18-19H,4-6,14H2,1-3H3. The first-order valence-corrected chi connectivity index (χ1v) is 10.9. The van der Waals surface area contributed by atoms with Crippen LogP contribution in [-0.2, 0) is 0 Å². The molecule has 0 radical (unpaired) electrons. The molecule has 0 saturated heterocycles. The molecule has 23 heavy (non-hydrogen) atoms.